The first-order valence-electron chi connectivity index (χ1n) is 5.52. The van der Waals surface area contributed by atoms with E-state index in [9.17, 15) is 24.2 Å². The highest BCUT2D eigenvalue weighted by Crippen LogP contribution is 3.02. The minimum atomic E-state index is -9.69. The van der Waals surface area contributed by atoms with E-state index in [-0.39, 0.29) is 23.5 Å². The summed E-state index contributed by atoms with van der Waals surface area (Å²) in [6.07, 6.45) is 1.37. The lowest BCUT2D eigenvalue weighted by Crippen LogP contribution is -2.13. The molecule has 114 valence electrons. The topological polar surface area (TPSA) is 42.0 Å². The van der Waals surface area contributed by atoms with Gasteiger partial charge in [0.25, 0.3) is 5.91 Å². The van der Waals surface area contributed by atoms with Gasteiger partial charge in [-0.05, 0) is 36.4 Å². The van der Waals surface area contributed by atoms with Crippen LogP contribution in [0.2, 0.25) is 0 Å². The average molecular weight is 324 g/mol. The minimum Gasteiger partial charge on any atom is -0.321 e. The number of amides is 1. The molecule has 0 aliphatic rings. The van der Waals surface area contributed by atoms with Crippen LogP contribution < -0.4 is 5.32 Å². The summed E-state index contributed by atoms with van der Waals surface area (Å²) >= 11 is 0. The predicted molar refractivity (Wildman–Crippen MR) is 70.0 cm³/mol. The van der Waals surface area contributed by atoms with Crippen LogP contribution in [0.15, 0.2) is 53.6 Å². The van der Waals surface area contributed by atoms with Crippen LogP contribution in [0, 0.1) is 0 Å². The summed E-state index contributed by atoms with van der Waals surface area (Å²) in [7, 11) is -9.69. The van der Waals surface area contributed by atoms with E-state index in [0.717, 1.165) is 12.1 Å². The van der Waals surface area contributed by atoms with Crippen molar-refractivity contribution in [2.45, 2.75) is 4.90 Å². The number of pyridine rings is 1. The number of anilines is 1. The second-order valence-corrected chi connectivity index (χ2v) is 6.57. The zero-order valence-electron chi connectivity index (χ0n) is 10.3. The summed E-state index contributed by atoms with van der Waals surface area (Å²) in [4.78, 5) is 13.4. The number of nitrogens with zero attached hydrogens (tertiary/aromatic N) is 1. The lowest BCUT2D eigenvalue weighted by molar-refractivity contribution is 0.102. The first-order chi connectivity index (χ1) is 9.45. The molecule has 0 saturated carbocycles. The van der Waals surface area contributed by atoms with Crippen LogP contribution in [0.4, 0.5) is 25.1 Å². The number of rotatable bonds is 3. The maximum Gasteiger partial charge on any atom is 0.310 e. The Morgan fingerprint density at radius 3 is 2.05 bits per heavy atom. The molecule has 0 unspecified atom stereocenters. The largest absolute Gasteiger partial charge is 0.321 e. The van der Waals surface area contributed by atoms with Crippen molar-refractivity contribution in [3.8, 4) is 0 Å². The molecular formula is C12H9F5N2OS. The SMILES string of the molecule is O=C(Nc1ccc(S(F)(F)(F)(F)F)cc1)c1ccccn1. The van der Waals surface area contributed by atoms with Gasteiger partial charge in [-0.1, -0.05) is 25.5 Å². The molecular weight excluding hydrogens is 315 g/mol. The second kappa shape index (κ2) is 4.17. The zero-order valence-corrected chi connectivity index (χ0v) is 11.1. The molecule has 9 heteroatoms. The normalized spacial score (nSPS) is 14.9. The predicted octanol–water partition coefficient (Wildman–Crippen LogP) is 4.99. The fourth-order valence-corrected chi connectivity index (χ4v) is 2.14. The smallest absolute Gasteiger partial charge is 0.310 e. The quantitative estimate of drug-likeness (QED) is 0.808. The Balaban J connectivity index is 2.20. The van der Waals surface area contributed by atoms with E-state index in [1.807, 2.05) is 0 Å². The molecule has 1 aromatic carbocycles. The van der Waals surface area contributed by atoms with E-state index in [0.29, 0.717) is 0 Å². The van der Waals surface area contributed by atoms with Gasteiger partial charge in [-0.3, -0.25) is 9.78 Å². The third kappa shape index (κ3) is 3.91. The van der Waals surface area contributed by atoms with E-state index < -0.39 is 21.0 Å². The van der Waals surface area contributed by atoms with Gasteiger partial charge in [0, 0.05) is 11.9 Å². The second-order valence-electron chi connectivity index (χ2n) is 4.16. The van der Waals surface area contributed by atoms with Crippen molar-refractivity contribution in [3.63, 3.8) is 0 Å². The summed E-state index contributed by atoms with van der Waals surface area (Å²) in [6, 6.07) is 6.52. The number of carbonyl (C=O) groups is 1. The van der Waals surface area contributed by atoms with Crippen LogP contribution in [0.25, 0.3) is 0 Å². The minimum absolute atomic E-state index is 0.0451. The summed E-state index contributed by atoms with van der Waals surface area (Å²) in [5.74, 6) is -0.657. The number of nitrogens with one attached hydrogen (secondary N) is 1. The van der Waals surface area contributed by atoms with Gasteiger partial charge in [0.15, 0.2) is 0 Å². The van der Waals surface area contributed by atoms with Gasteiger partial charge in [0.1, 0.15) is 10.6 Å². The number of aromatic nitrogens is 1. The third-order valence-corrected chi connectivity index (χ3v) is 3.62. The Hall–Kier alpha value is -2.16. The van der Waals surface area contributed by atoms with Crippen molar-refractivity contribution in [2.75, 3.05) is 5.32 Å². The number of hydrogen-bond donors (Lipinski definition) is 1. The molecule has 3 nitrogen and oxygen atoms in total. The van der Waals surface area contributed by atoms with E-state index >= 15 is 0 Å². The Morgan fingerprint density at radius 2 is 1.57 bits per heavy atom. The molecule has 1 N–H and O–H groups in total. The molecule has 1 heterocycles. The maximum absolute atomic E-state index is 12.5. The van der Waals surface area contributed by atoms with E-state index in [1.54, 1.807) is 12.1 Å². The molecule has 0 bridgehead atoms. The molecule has 1 amide bonds. The van der Waals surface area contributed by atoms with Gasteiger partial charge in [-0.15, -0.1) is 0 Å². The number of benzene rings is 1. The van der Waals surface area contributed by atoms with Gasteiger partial charge < -0.3 is 5.32 Å². The third-order valence-electron chi connectivity index (χ3n) is 2.46. The van der Waals surface area contributed by atoms with Crippen LogP contribution in [-0.4, -0.2) is 10.9 Å². The van der Waals surface area contributed by atoms with E-state index in [2.05, 4.69) is 10.3 Å². The number of halogens is 5. The molecule has 2 rings (SSSR count). The standard InChI is InChI=1S/C12H9F5N2OS/c13-21(14,15,16,17)10-6-4-9(5-7-10)19-12(20)11-3-1-2-8-18-11/h1-8H,(H,19,20). The van der Waals surface area contributed by atoms with Gasteiger partial charge in [0.2, 0.25) is 0 Å². The highest BCUT2D eigenvalue weighted by Gasteiger charge is 2.65. The van der Waals surface area contributed by atoms with Crippen LogP contribution in [0.5, 0.6) is 0 Å². The van der Waals surface area contributed by atoms with Gasteiger partial charge >= 0.3 is 10.2 Å². The first kappa shape index (κ1) is 15.2. The summed E-state index contributed by atoms with van der Waals surface area (Å²) in [6.45, 7) is 0. The zero-order chi connectivity index (χ0) is 15.8. The monoisotopic (exact) mass is 324 g/mol. The fourth-order valence-electron chi connectivity index (χ4n) is 1.49. The van der Waals surface area contributed by atoms with E-state index in [4.69, 9.17) is 0 Å². The molecule has 0 spiro atoms. The highest BCUT2D eigenvalue weighted by atomic mass is 32.5. The summed E-state index contributed by atoms with van der Waals surface area (Å²) in [5.41, 5.74) is 0.00513. The number of hydrogen-bond acceptors (Lipinski definition) is 2. The summed E-state index contributed by atoms with van der Waals surface area (Å²) < 4.78 is 62.5. The Kier molecular flexibility index (Phi) is 3.02. The lowest BCUT2D eigenvalue weighted by Gasteiger charge is -2.40. The molecule has 2 aromatic rings. The van der Waals surface area contributed by atoms with Gasteiger partial charge in [-0.2, -0.15) is 0 Å². The number of carbonyl (C=O) groups excluding carboxylic acids is 1. The van der Waals surface area contributed by atoms with Crippen molar-refractivity contribution in [1.82, 2.24) is 4.98 Å². The maximum atomic E-state index is 12.5. The molecule has 1 aromatic heterocycles. The molecule has 21 heavy (non-hydrogen) atoms. The highest BCUT2D eigenvalue weighted by molar-refractivity contribution is 8.45. The summed E-state index contributed by atoms with van der Waals surface area (Å²) in [5, 5.41) is 2.26. The van der Waals surface area contributed by atoms with Gasteiger partial charge in [0.05, 0.1) is 0 Å². The molecule has 0 saturated heterocycles. The van der Waals surface area contributed by atoms with Crippen LogP contribution >= 0.6 is 10.2 Å². The molecule has 0 atom stereocenters. The molecule has 0 radical (unpaired) electrons. The molecule has 0 aliphatic carbocycles. The van der Waals surface area contributed by atoms with E-state index in [1.165, 1.54) is 12.3 Å². The Morgan fingerprint density at radius 1 is 0.952 bits per heavy atom. The fraction of sp³-hybridized carbons (Fsp3) is 0. The van der Waals surface area contributed by atoms with Crippen LogP contribution in [0.1, 0.15) is 10.5 Å². The Labute approximate surface area is 116 Å². The van der Waals surface area contributed by atoms with Crippen molar-refractivity contribution < 1.29 is 24.2 Å². The van der Waals surface area contributed by atoms with Crippen LogP contribution in [0.3, 0.4) is 0 Å². The van der Waals surface area contributed by atoms with Crippen molar-refractivity contribution in [3.05, 3.63) is 54.4 Å². The van der Waals surface area contributed by atoms with Crippen molar-refractivity contribution in [1.29, 1.82) is 0 Å². The first-order valence-corrected chi connectivity index (χ1v) is 7.47. The molecule has 0 aliphatic heterocycles. The van der Waals surface area contributed by atoms with Gasteiger partial charge in [-0.25, -0.2) is 0 Å². The van der Waals surface area contributed by atoms with Crippen LogP contribution in [-0.2, 0) is 0 Å². The lowest BCUT2D eigenvalue weighted by atomic mass is 10.3. The van der Waals surface area contributed by atoms with Crippen molar-refractivity contribution >= 4 is 21.8 Å². The average Bonchev–Trinajstić information content (AvgIpc) is 2.37. The molecule has 0 fully saturated rings. The van der Waals surface area contributed by atoms with Crippen molar-refractivity contribution in [2.24, 2.45) is 0 Å². The Bertz CT molecular complexity index is 671.